The van der Waals surface area contributed by atoms with Gasteiger partial charge in [-0.1, -0.05) is 11.3 Å². The summed E-state index contributed by atoms with van der Waals surface area (Å²) in [4.78, 5) is 38.9. The van der Waals surface area contributed by atoms with Crippen LogP contribution in [0, 0.1) is 11.7 Å². The first kappa shape index (κ1) is 22.6. The van der Waals surface area contributed by atoms with Crippen LogP contribution in [0.25, 0.3) is 0 Å². The molecule has 0 spiro atoms. The lowest BCUT2D eigenvalue weighted by Crippen LogP contribution is -2.39. The Balaban J connectivity index is 1.24. The van der Waals surface area contributed by atoms with Crippen LogP contribution in [0.3, 0.4) is 0 Å². The number of aromatic nitrogens is 2. The van der Waals surface area contributed by atoms with Crippen LogP contribution in [-0.4, -0.2) is 45.9 Å². The van der Waals surface area contributed by atoms with E-state index in [1.165, 1.54) is 24.3 Å². The van der Waals surface area contributed by atoms with E-state index in [4.69, 9.17) is 4.42 Å². The number of halogens is 1. The fourth-order valence-electron chi connectivity index (χ4n) is 3.53. The first-order chi connectivity index (χ1) is 16.0. The Labute approximate surface area is 193 Å². The lowest BCUT2D eigenvalue weighted by molar-refractivity contribution is -0.122. The number of rotatable bonds is 7. The highest BCUT2D eigenvalue weighted by molar-refractivity contribution is 7.15. The van der Waals surface area contributed by atoms with Gasteiger partial charge in [0.1, 0.15) is 11.6 Å². The van der Waals surface area contributed by atoms with Crippen LogP contribution >= 0.6 is 11.3 Å². The van der Waals surface area contributed by atoms with Crippen LogP contribution in [0.1, 0.15) is 44.6 Å². The smallest absolute Gasteiger partial charge is 0.286 e. The van der Waals surface area contributed by atoms with Gasteiger partial charge in [0.2, 0.25) is 15.9 Å². The lowest BCUT2D eigenvalue weighted by atomic mass is 9.93. The number of hydrogen-bond acceptors (Lipinski definition) is 7. The molecule has 1 aliphatic heterocycles. The highest BCUT2D eigenvalue weighted by Gasteiger charge is 2.28. The lowest BCUT2D eigenvalue weighted by Gasteiger charge is -2.31. The maximum Gasteiger partial charge on any atom is 0.286 e. The Kier molecular flexibility index (Phi) is 7.08. The van der Waals surface area contributed by atoms with Crippen LogP contribution < -0.4 is 10.6 Å². The van der Waals surface area contributed by atoms with E-state index in [1.54, 1.807) is 23.3 Å². The molecule has 2 N–H and O–H groups in total. The molecule has 11 heteroatoms. The second kappa shape index (κ2) is 10.3. The number of piperidine rings is 1. The van der Waals surface area contributed by atoms with Crippen molar-refractivity contribution in [1.29, 1.82) is 0 Å². The molecule has 3 heterocycles. The number of nitrogens with one attached hydrogen (secondary N) is 2. The molecule has 0 unspecified atom stereocenters. The highest BCUT2D eigenvalue weighted by Crippen LogP contribution is 2.23. The highest BCUT2D eigenvalue weighted by atomic mass is 32.1. The number of furan rings is 1. The molecule has 0 bridgehead atoms. The van der Waals surface area contributed by atoms with E-state index in [2.05, 4.69) is 20.8 Å². The molecular formula is C22H22FN5O4S. The van der Waals surface area contributed by atoms with Crippen molar-refractivity contribution in [3.8, 4) is 0 Å². The Morgan fingerprint density at radius 3 is 2.52 bits per heavy atom. The third-order valence-corrected chi connectivity index (χ3v) is 6.23. The van der Waals surface area contributed by atoms with Gasteiger partial charge < -0.3 is 20.0 Å². The summed E-state index contributed by atoms with van der Waals surface area (Å²) in [5, 5.41) is 13.3. The Hall–Kier alpha value is -3.60. The summed E-state index contributed by atoms with van der Waals surface area (Å²) in [5.41, 5.74) is 0.416. The van der Waals surface area contributed by atoms with Gasteiger partial charge in [-0.3, -0.25) is 14.4 Å². The summed E-state index contributed by atoms with van der Waals surface area (Å²) in [6.07, 6.45) is 3.37. The molecule has 3 aromatic rings. The average molecular weight is 472 g/mol. The first-order valence-electron chi connectivity index (χ1n) is 10.5. The van der Waals surface area contributed by atoms with Gasteiger partial charge in [0.05, 0.1) is 12.8 Å². The van der Waals surface area contributed by atoms with E-state index >= 15 is 0 Å². The molecule has 1 aliphatic rings. The molecule has 172 valence electrons. The van der Waals surface area contributed by atoms with Crippen LogP contribution in [0.5, 0.6) is 0 Å². The third kappa shape index (κ3) is 6.01. The zero-order chi connectivity index (χ0) is 23.2. The van der Waals surface area contributed by atoms with Crippen molar-refractivity contribution in [3.63, 3.8) is 0 Å². The van der Waals surface area contributed by atoms with Gasteiger partial charge >= 0.3 is 0 Å². The summed E-state index contributed by atoms with van der Waals surface area (Å²) >= 11 is 0.909. The SMILES string of the molecule is O=C(CC1CCN(C(=O)c2nnc(C(=O)Nc3ccc(F)cc3)s2)CC1)NCc1ccco1. The van der Waals surface area contributed by atoms with E-state index in [-0.39, 0.29) is 27.7 Å². The molecule has 0 radical (unpaired) electrons. The molecule has 1 fully saturated rings. The van der Waals surface area contributed by atoms with Crippen molar-refractivity contribution in [2.24, 2.45) is 5.92 Å². The van der Waals surface area contributed by atoms with Crippen LogP contribution in [-0.2, 0) is 11.3 Å². The predicted octanol–water partition coefficient (Wildman–Crippen LogP) is 3.08. The minimum atomic E-state index is -0.516. The summed E-state index contributed by atoms with van der Waals surface area (Å²) in [7, 11) is 0. The maximum absolute atomic E-state index is 13.0. The quantitative estimate of drug-likeness (QED) is 0.547. The molecule has 3 amide bonds. The molecular weight excluding hydrogens is 449 g/mol. The minimum Gasteiger partial charge on any atom is -0.467 e. The van der Waals surface area contributed by atoms with E-state index in [0.717, 1.165) is 11.3 Å². The van der Waals surface area contributed by atoms with Gasteiger partial charge in [-0.2, -0.15) is 0 Å². The molecule has 1 aromatic carbocycles. The predicted molar refractivity (Wildman–Crippen MR) is 118 cm³/mol. The maximum atomic E-state index is 13.0. The molecule has 1 saturated heterocycles. The molecule has 0 atom stereocenters. The van der Waals surface area contributed by atoms with E-state index in [1.807, 2.05) is 0 Å². The van der Waals surface area contributed by atoms with Crippen molar-refractivity contribution >= 4 is 34.7 Å². The van der Waals surface area contributed by atoms with Gasteiger partial charge in [-0.05, 0) is 55.2 Å². The fourth-order valence-corrected chi connectivity index (χ4v) is 4.23. The number of anilines is 1. The minimum absolute atomic E-state index is 0.0443. The average Bonchev–Trinajstić information content (AvgIpc) is 3.52. The first-order valence-corrected chi connectivity index (χ1v) is 11.3. The van der Waals surface area contributed by atoms with Crippen molar-refractivity contribution in [1.82, 2.24) is 20.4 Å². The second-order valence-corrected chi connectivity index (χ2v) is 8.65. The van der Waals surface area contributed by atoms with Crippen molar-refractivity contribution in [2.45, 2.75) is 25.8 Å². The van der Waals surface area contributed by atoms with Gasteiger partial charge in [0.15, 0.2) is 0 Å². The van der Waals surface area contributed by atoms with Crippen LogP contribution in [0.4, 0.5) is 10.1 Å². The van der Waals surface area contributed by atoms with Crippen LogP contribution in [0.2, 0.25) is 0 Å². The normalized spacial score (nSPS) is 14.2. The van der Waals surface area contributed by atoms with Gasteiger partial charge in [-0.25, -0.2) is 4.39 Å². The van der Waals surface area contributed by atoms with Gasteiger partial charge in [-0.15, -0.1) is 10.2 Å². The second-order valence-electron chi connectivity index (χ2n) is 7.67. The summed E-state index contributed by atoms with van der Waals surface area (Å²) in [6, 6.07) is 8.90. The monoisotopic (exact) mass is 471 g/mol. The van der Waals surface area contributed by atoms with Gasteiger partial charge in [0, 0.05) is 25.2 Å². The number of nitrogens with zero attached hydrogens (tertiary/aromatic N) is 3. The molecule has 4 rings (SSSR count). The molecule has 9 nitrogen and oxygen atoms in total. The summed E-state index contributed by atoms with van der Waals surface area (Å²) in [5.74, 6) is -0.359. The zero-order valence-electron chi connectivity index (χ0n) is 17.6. The summed E-state index contributed by atoms with van der Waals surface area (Å²) < 4.78 is 18.2. The number of likely N-dealkylation sites (tertiary alicyclic amines) is 1. The van der Waals surface area contributed by atoms with Gasteiger partial charge in [0.25, 0.3) is 11.8 Å². The number of hydrogen-bond donors (Lipinski definition) is 2. The van der Waals surface area contributed by atoms with Crippen molar-refractivity contribution in [2.75, 3.05) is 18.4 Å². The Bertz CT molecular complexity index is 1110. The number of amides is 3. The Morgan fingerprint density at radius 2 is 1.82 bits per heavy atom. The number of benzene rings is 1. The molecule has 0 aliphatic carbocycles. The Morgan fingerprint density at radius 1 is 1.09 bits per heavy atom. The van der Waals surface area contributed by atoms with E-state index < -0.39 is 11.7 Å². The fraction of sp³-hybridized carbons (Fsp3) is 0.318. The van der Waals surface area contributed by atoms with Crippen molar-refractivity contribution in [3.05, 3.63) is 64.3 Å². The molecule has 0 saturated carbocycles. The third-order valence-electron chi connectivity index (χ3n) is 5.32. The zero-order valence-corrected chi connectivity index (χ0v) is 18.4. The molecule has 2 aromatic heterocycles. The standard InChI is InChI=1S/C22H22FN5O4S/c23-15-3-5-16(6-4-15)25-19(30)20-26-27-21(33-20)22(31)28-9-7-14(8-10-28)12-18(29)24-13-17-2-1-11-32-17/h1-6,11,14H,7-10,12-13H2,(H,24,29)(H,25,30). The topological polar surface area (TPSA) is 117 Å². The number of carbonyl (C=O) groups excluding carboxylic acids is 3. The number of carbonyl (C=O) groups is 3. The largest absolute Gasteiger partial charge is 0.467 e. The van der Waals surface area contributed by atoms with E-state index in [9.17, 15) is 18.8 Å². The summed E-state index contributed by atoms with van der Waals surface area (Å²) in [6.45, 7) is 1.37. The van der Waals surface area contributed by atoms with E-state index in [0.29, 0.717) is 50.3 Å². The molecule has 33 heavy (non-hydrogen) atoms. The van der Waals surface area contributed by atoms with Crippen LogP contribution in [0.15, 0.2) is 47.1 Å². The van der Waals surface area contributed by atoms with Crippen molar-refractivity contribution < 1.29 is 23.2 Å².